The van der Waals surface area contributed by atoms with Gasteiger partial charge in [0.2, 0.25) is 0 Å². The first-order valence-electron chi connectivity index (χ1n) is 5.46. The first-order valence-corrected chi connectivity index (χ1v) is 5.46. The summed E-state index contributed by atoms with van der Waals surface area (Å²) in [4.78, 5) is 11.9. The van der Waals surface area contributed by atoms with Gasteiger partial charge in [0, 0.05) is 12.0 Å². The van der Waals surface area contributed by atoms with E-state index < -0.39 is 0 Å². The van der Waals surface area contributed by atoms with Gasteiger partial charge in [-0.3, -0.25) is 4.79 Å². The molecule has 0 aliphatic carbocycles. The van der Waals surface area contributed by atoms with Crippen molar-refractivity contribution in [3.05, 3.63) is 29.3 Å². The summed E-state index contributed by atoms with van der Waals surface area (Å²) >= 11 is 0. The van der Waals surface area contributed by atoms with Gasteiger partial charge in [-0.05, 0) is 43.1 Å². The number of nitrogens with two attached hydrogens (primary N) is 1. The van der Waals surface area contributed by atoms with Gasteiger partial charge in [0.05, 0.1) is 7.11 Å². The van der Waals surface area contributed by atoms with Crippen molar-refractivity contribution >= 4 is 5.78 Å². The van der Waals surface area contributed by atoms with Gasteiger partial charge in [0.25, 0.3) is 0 Å². The number of ether oxygens (including phenoxy) is 1. The molecule has 1 atom stereocenters. The number of carbonyl (C=O) groups excluding carboxylic acids is 1. The lowest BCUT2D eigenvalue weighted by molar-refractivity contribution is 0.0965. The highest BCUT2D eigenvalue weighted by Gasteiger charge is 2.12. The minimum atomic E-state index is 0.151. The average Bonchev–Trinajstić information content (AvgIpc) is 2.28. The molecule has 16 heavy (non-hydrogen) atoms. The Morgan fingerprint density at radius 3 is 2.69 bits per heavy atom. The molecule has 88 valence electrons. The van der Waals surface area contributed by atoms with Crippen LogP contribution in [0.5, 0.6) is 5.75 Å². The van der Waals surface area contributed by atoms with Crippen LogP contribution in [0.15, 0.2) is 18.2 Å². The SMILES string of the molecule is COc1ccc(C(=O)CC(C)CN)c(C)c1. The number of hydrogen-bond donors (Lipinski definition) is 1. The molecule has 0 aromatic heterocycles. The molecule has 1 aromatic carbocycles. The molecular weight excluding hydrogens is 202 g/mol. The van der Waals surface area contributed by atoms with Crippen LogP contribution in [0.2, 0.25) is 0 Å². The summed E-state index contributed by atoms with van der Waals surface area (Å²) in [5.74, 6) is 1.16. The second-order valence-corrected chi connectivity index (χ2v) is 4.15. The van der Waals surface area contributed by atoms with Crippen LogP contribution in [-0.4, -0.2) is 19.4 Å². The van der Waals surface area contributed by atoms with E-state index in [1.54, 1.807) is 7.11 Å². The molecule has 1 rings (SSSR count). The van der Waals surface area contributed by atoms with Gasteiger partial charge in [0.15, 0.2) is 5.78 Å². The molecular formula is C13H19NO2. The summed E-state index contributed by atoms with van der Waals surface area (Å²) in [6, 6.07) is 5.51. The van der Waals surface area contributed by atoms with Gasteiger partial charge in [-0.25, -0.2) is 0 Å². The third kappa shape index (κ3) is 3.07. The Kier molecular flexibility index (Phi) is 4.50. The highest BCUT2D eigenvalue weighted by atomic mass is 16.5. The van der Waals surface area contributed by atoms with Gasteiger partial charge >= 0.3 is 0 Å². The van der Waals surface area contributed by atoms with E-state index in [1.165, 1.54) is 0 Å². The van der Waals surface area contributed by atoms with Crippen molar-refractivity contribution in [1.82, 2.24) is 0 Å². The molecule has 2 N–H and O–H groups in total. The molecule has 1 unspecified atom stereocenters. The van der Waals surface area contributed by atoms with Crippen molar-refractivity contribution in [2.45, 2.75) is 20.3 Å². The van der Waals surface area contributed by atoms with Gasteiger partial charge in [-0.1, -0.05) is 6.92 Å². The summed E-state index contributed by atoms with van der Waals surface area (Å²) in [5.41, 5.74) is 7.23. The number of rotatable bonds is 5. The van der Waals surface area contributed by atoms with Crippen molar-refractivity contribution < 1.29 is 9.53 Å². The Bertz CT molecular complexity index is 374. The van der Waals surface area contributed by atoms with Crippen molar-refractivity contribution in [3.8, 4) is 5.75 Å². The quantitative estimate of drug-likeness (QED) is 0.775. The minimum absolute atomic E-state index is 0.151. The lowest BCUT2D eigenvalue weighted by atomic mass is 9.97. The van der Waals surface area contributed by atoms with E-state index in [1.807, 2.05) is 32.0 Å². The first kappa shape index (κ1) is 12.7. The molecule has 0 bridgehead atoms. The first-order chi connectivity index (χ1) is 7.58. The summed E-state index contributed by atoms with van der Waals surface area (Å²) in [5, 5.41) is 0. The summed E-state index contributed by atoms with van der Waals surface area (Å²) in [6.07, 6.45) is 0.504. The average molecular weight is 221 g/mol. The normalized spacial score (nSPS) is 12.2. The fraction of sp³-hybridized carbons (Fsp3) is 0.462. The molecule has 3 heteroatoms. The van der Waals surface area contributed by atoms with Crippen LogP contribution in [0.1, 0.15) is 29.3 Å². The van der Waals surface area contributed by atoms with Crippen molar-refractivity contribution in [3.63, 3.8) is 0 Å². The van der Waals surface area contributed by atoms with Crippen molar-refractivity contribution in [2.75, 3.05) is 13.7 Å². The zero-order valence-corrected chi connectivity index (χ0v) is 10.1. The largest absolute Gasteiger partial charge is 0.497 e. The zero-order valence-electron chi connectivity index (χ0n) is 10.1. The summed E-state index contributed by atoms with van der Waals surface area (Å²) in [7, 11) is 1.62. The van der Waals surface area contributed by atoms with Crippen LogP contribution in [-0.2, 0) is 0 Å². The Morgan fingerprint density at radius 1 is 1.50 bits per heavy atom. The lowest BCUT2D eigenvalue weighted by Gasteiger charge is -2.10. The van der Waals surface area contributed by atoms with E-state index in [9.17, 15) is 4.79 Å². The van der Waals surface area contributed by atoms with E-state index in [-0.39, 0.29) is 11.7 Å². The molecule has 3 nitrogen and oxygen atoms in total. The van der Waals surface area contributed by atoms with E-state index in [4.69, 9.17) is 10.5 Å². The number of carbonyl (C=O) groups is 1. The maximum Gasteiger partial charge on any atom is 0.163 e. The molecule has 0 spiro atoms. The topological polar surface area (TPSA) is 52.3 Å². The van der Waals surface area contributed by atoms with Crippen LogP contribution in [0, 0.1) is 12.8 Å². The predicted molar refractivity (Wildman–Crippen MR) is 64.9 cm³/mol. The van der Waals surface area contributed by atoms with E-state index in [2.05, 4.69) is 0 Å². The van der Waals surface area contributed by atoms with E-state index in [0.29, 0.717) is 13.0 Å². The molecule has 0 radical (unpaired) electrons. The smallest absolute Gasteiger partial charge is 0.163 e. The molecule has 0 fully saturated rings. The lowest BCUT2D eigenvalue weighted by Crippen LogP contribution is -2.15. The Balaban J connectivity index is 2.84. The number of ketones is 1. The Hall–Kier alpha value is -1.35. The third-order valence-corrected chi connectivity index (χ3v) is 2.67. The maximum absolute atomic E-state index is 11.9. The Labute approximate surface area is 96.6 Å². The zero-order chi connectivity index (χ0) is 12.1. The number of aryl methyl sites for hydroxylation is 1. The van der Waals surface area contributed by atoms with Crippen LogP contribution in [0.3, 0.4) is 0 Å². The second kappa shape index (κ2) is 5.66. The molecule has 0 saturated carbocycles. The van der Waals surface area contributed by atoms with Crippen LogP contribution in [0.4, 0.5) is 0 Å². The second-order valence-electron chi connectivity index (χ2n) is 4.15. The van der Waals surface area contributed by atoms with Gasteiger partial charge in [0.1, 0.15) is 5.75 Å². The van der Waals surface area contributed by atoms with Gasteiger partial charge in [-0.2, -0.15) is 0 Å². The molecule has 0 aliphatic rings. The summed E-state index contributed by atoms with van der Waals surface area (Å²) in [6.45, 7) is 4.45. The standard InChI is InChI=1S/C13H19NO2/c1-9(8-14)6-13(15)12-5-4-11(16-3)7-10(12)2/h4-5,7,9H,6,8,14H2,1-3H3. The number of methoxy groups -OCH3 is 1. The number of benzene rings is 1. The number of hydrogen-bond acceptors (Lipinski definition) is 3. The van der Waals surface area contributed by atoms with Crippen molar-refractivity contribution in [1.29, 1.82) is 0 Å². The highest BCUT2D eigenvalue weighted by molar-refractivity contribution is 5.97. The van der Waals surface area contributed by atoms with Crippen LogP contribution < -0.4 is 10.5 Å². The monoisotopic (exact) mass is 221 g/mol. The third-order valence-electron chi connectivity index (χ3n) is 2.67. The molecule has 0 aliphatic heterocycles. The fourth-order valence-electron chi connectivity index (χ4n) is 1.59. The van der Waals surface area contributed by atoms with Crippen molar-refractivity contribution in [2.24, 2.45) is 11.7 Å². The maximum atomic E-state index is 11.9. The molecule has 1 aromatic rings. The highest BCUT2D eigenvalue weighted by Crippen LogP contribution is 2.19. The number of Topliss-reactive ketones (excluding diaryl/α,β-unsaturated/α-hetero) is 1. The van der Waals surface area contributed by atoms with E-state index in [0.717, 1.165) is 16.9 Å². The van der Waals surface area contributed by atoms with Gasteiger partial charge < -0.3 is 10.5 Å². The molecule has 0 saturated heterocycles. The molecule has 0 heterocycles. The Morgan fingerprint density at radius 2 is 2.19 bits per heavy atom. The summed E-state index contributed by atoms with van der Waals surface area (Å²) < 4.78 is 5.10. The fourth-order valence-corrected chi connectivity index (χ4v) is 1.59. The van der Waals surface area contributed by atoms with Crippen LogP contribution in [0.25, 0.3) is 0 Å². The van der Waals surface area contributed by atoms with Crippen LogP contribution >= 0.6 is 0 Å². The van der Waals surface area contributed by atoms with E-state index >= 15 is 0 Å². The van der Waals surface area contributed by atoms with Gasteiger partial charge in [-0.15, -0.1) is 0 Å². The minimum Gasteiger partial charge on any atom is -0.497 e. The predicted octanol–water partition coefficient (Wildman–Crippen LogP) is 2.17. The molecule has 0 amide bonds.